The molecule has 2 aromatic heterocycles. The minimum Gasteiger partial charge on any atom is -0.355 e. The van der Waals surface area contributed by atoms with E-state index in [1.807, 2.05) is 24.3 Å². The van der Waals surface area contributed by atoms with E-state index in [1.165, 1.54) is 0 Å². The number of nitrogens with one attached hydrogen (secondary N) is 3. The van der Waals surface area contributed by atoms with Crippen LogP contribution >= 0.6 is 0 Å². The smallest absolute Gasteiger partial charge is 0.261 e. The lowest BCUT2D eigenvalue weighted by molar-refractivity contribution is 0.601. The molecule has 3 aromatic carbocycles. The topological polar surface area (TPSA) is 120 Å². The molecule has 0 bridgehead atoms. The first-order valence-corrected chi connectivity index (χ1v) is 12.4. The van der Waals surface area contributed by atoms with Gasteiger partial charge in [0.2, 0.25) is 0 Å². The van der Waals surface area contributed by atoms with Gasteiger partial charge in [0.25, 0.3) is 10.0 Å². The van der Waals surface area contributed by atoms with Crippen molar-refractivity contribution in [2.45, 2.75) is 4.90 Å². The van der Waals surface area contributed by atoms with Crippen LogP contribution in [-0.4, -0.2) is 18.4 Å². The van der Waals surface area contributed by atoms with Crippen molar-refractivity contribution < 1.29 is 8.42 Å². The maximum absolute atomic E-state index is 13.0. The van der Waals surface area contributed by atoms with Gasteiger partial charge in [-0.2, -0.15) is 5.26 Å². The Hall–Kier alpha value is -4.94. The van der Waals surface area contributed by atoms with E-state index in [9.17, 15) is 13.7 Å². The summed E-state index contributed by atoms with van der Waals surface area (Å²) in [5.41, 5.74) is 4.75. The van der Waals surface area contributed by atoms with Gasteiger partial charge in [-0.25, -0.2) is 8.42 Å². The van der Waals surface area contributed by atoms with Gasteiger partial charge in [-0.1, -0.05) is 6.07 Å². The van der Waals surface area contributed by atoms with E-state index >= 15 is 0 Å². The van der Waals surface area contributed by atoms with Crippen molar-refractivity contribution in [3.63, 3.8) is 0 Å². The molecule has 0 spiro atoms. The van der Waals surface area contributed by atoms with Gasteiger partial charge < -0.3 is 10.6 Å². The fourth-order valence-electron chi connectivity index (χ4n) is 3.67. The van der Waals surface area contributed by atoms with Crippen molar-refractivity contribution in [3.8, 4) is 6.07 Å². The first-order chi connectivity index (χ1) is 17.5. The summed E-state index contributed by atoms with van der Waals surface area (Å²) in [6.45, 7) is 0. The van der Waals surface area contributed by atoms with Gasteiger partial charge in [0.05, 0.1) is 27.7 Å². The molecule has 0 radical (unpaired) electrons. The number of benzene rings is 3. The lowest BCUT2D eigenvalue weighted by atomic mass is 10.1. The van der Waals surface area contributed by atoms with Crippen LogP contribution in [0.4, 0.5) is 28.4 Å². The second-order valence-electron chi connectivity index (χ2n) is 7.90. The van der Waals surface area contributed by atoms with Gasteiger partial charge in [-0.15, -0.1) is 0 Å². The lowest BCUT2D eigenvalue weighted by Gasteiger charge is -2.13. The van der Waals surface area contributed by atoms with Crippen molar-refractivity contribution in [3.05, 3.63) is 109 Å². The summed E-state index contributed by atoms with van der Waals surface area (Å²) >= 11 is 0. The zero-order chi connectivity index (χ0) is 25.0. The molecule has 0 amide bonds. The van der Waals surface area contributed by atoms with Crippen LogP contribution in [0.2, 0.25) is 0 Å². The summed E-state index contributed by atoms with van der Waals surface area (Å²) < 4.78 is 28.6. The third-order valence-corrected chi connectivity index (χ3v) is 6.80. The number of hydrogen-bond acceptors (Lipinski definition) is 7. The van der Waals surface area contributed by atoms with Crippen LogP contribution in [0.1, 0.15) is 5.56 Å². The number of hydrogen-bond donors (Lipinski definition) is 3. The van der Waals surface area contributed by atoms with Gasteiger partial charge in [0.1, 0.15) is 0 Å². The molecule has 0 unspecified atom stereocenters. The average Bonchev–Trinajstić information content (AvgIpc) is 2.89. The highest BCUT2D eigenvalue weighted by molar-refractivity contribution is 7.92. The predicted octanol–water partition coefficient (Wildman–Crippen LogP) is 5.79. The molecule has 0 aliphatic rings. The highest BCUT2D eigenvalue weighted by Gasteiger charge is 2.14. The zero-order valence-electron chi connectivity index (χ0n) is 18.9. The Morgan fingerprint density at radius 2 is 1.47 bits per heavy atom. The summed E-state index contributed by atoms with van der Waals surface area (Å²) in [7, 11) is -3.80. The van der Waals surface area contributed by atoms with Crippen molar-refractivity contribution in [1.82, 2.24) is 9.97 Å². The van der Waals surface area contributed by atoms with Crippen LogP contribution in [0.25, 0.3) is 10.9 Å². The molecule has 0 atom stereocenters. The maximum atomic E-state index is 13.0. The number of rotatable bonds is 7. The molecule has 5 aromatic rings. The molecule has 3 N–H and O–H groups in total. The van der Waals surface area contributed by atoms with E-state index in [4.69, 9.17) is 0 Å². The Morgan fingerprint density at radius 1 is 0.722 bits per heavy atom. The third kappa shape index (κ3) is 5.09. The molecule has 36 heavy (non-hydrogen) atoms. The van der Waals surface area contributed by atoms with Gasteiger partial charge in [0.15, 0.2) is 0 Å². The summed E-state index contributed by atoms with van der Waals surface area (Å²) in [4.78, 5) is 8.46. The third-order valence-electron chi connectivity index (χ3n) is 5.40. The molecule has 0 aliphatic heterocycles. The van der Waals surface area contributed by atoms with Crippen molar-refractivity contribution in [2.24, 2.45) is 0 Å². The van der Waals surface area contributed by atoms with Gasteiger partial charge in [-0.05, 0) is 78.9 Å². The molecule has 5 rings (SSSR count). The van der Waals surface area contributed by atoms with Crippen molar-refractivity contribution in [1.29, 1.82) is 5.26 Å². The summed E-state index contributed by atoms with van der Waals surface area (Å²) in [6.07, 6.45) is 5.03. The first-order valence-electron chi connectivity index (χ1n) is 11.0. The van der Waals surface area contributed by atoms with Crippen LogP contribution in [-0.2, 0) is 10.0 Å². The summed E-state index contributed by atoms with van der Waals surface area (Å²) in [5, 5.41) is 16.5. The number of aromatic nitrogens is 2. The maximum Gasteiger partial charge on any atom is 0.261 e. The quantitative estimate of drug-likeness (QED) is 0.263. The highest BCUT2D eigenvalue weighted by Crippen LogP contribution is 2.28. The van der Waals surface area contributed by atoms with E-state index in [-0.39, 0.29) is 4.90 Å². The van der Waals surface area contributed by atoms with Crippen LogP contribution in [0.15, 0.2) is 108 Å². The highest BCUT2D eigenvalue weighted by atomic mass is 32.2. The number of nitrogens with zero attached hydrogens (tertiary/aromatic N) is 3. The van der Waals surface area contributed by atoms with E-state index in [2.05, 4.69) is 31.4 Å². The molecule has 2 heterocycles. The van der Waals surface area contributed by atoms with Crippen LogP contribution in [0, 0.1) is 11.3 Å². The largest absolute Gasteiger partial charge is 0.355 e. The predicted molar refractivity (Wildman–Crippen MR) is 141 cm³/mol. The molecule has 9 heteroatoms. The standard InChI is InChI=1S/C27H20N6O2S/c28-18-19-4-9-26-25(16-19)27(12-15-30-26)32-22-2-1-3-23(17-22)33-36(34,35)24-7-5-20(6-8-24)31-21-10-13-29-14-11-21/h1-17,33H,(H,29,31)(H,30,32). The number of pyridine rings is 2. The average molecular weight is 493 g/mol. The molecule has 8 nitrogen and oxygen atoms in total. The van der Waals surface area contributed by atoms with Gasteiger partial charge in [-0.3, -0.25) is 14.7 Å². The minimum absolute atomic E-state index is 0.144. The molecule has 0 saturated heterocycles. The Bertz CT molecular complexity index is 1680. The molecule has 0 saturated carbocycles. The number of nitriles is 1. The summed E-state index contributed by atoms with van der Waals surface area (Å²) in [5.74, 6) is 0. The molecule has 0 fully saturated rings. The molecular formula is C27H20N6O2S. The van der Waals surface area contributed by atoms with Crippen LogP contribution < -0.4 is 15.4 Å². The molecule has 0 aliphatic carbocycles. The number of fused-ring (bicyclic) bond motifs is 1. The molecule has 176 valence electrons. The fourth-order valence-corrected chi connectivity index (χ4v) is 4.72. The van der Waals surface area contributed by atoms with E-state index in [0.29, 0.717) is 16.9 Å². The lowest BCUT2D eigenvalue weighted by Crippen LogP contribution is -2.13. The summed E-state index contributed by atoms with van der Waals surface area (Å²) in [6, 6.07) is 26.3. The SMILES string of the molecule is N#Cc1ccc2nccc(Nc3cccc(NS(=O)(=O)c4ccc(Nc5ccncc5)cc4)c3)c2c1. The normalized spacial score (nSPS) is 11.0. The van der Waals surface area contributed by atoms with Crippen molar-refractivity contribution in [2.75, 3.05) is 15.4 Å². The van der Waals surface area contributed by atoms with E-state index in [0.717, 1.165) is 28.0 Å². The van der Waals surface area contributed by atoms with Crippen LogP contribution in [0.3, 0.4) is 0 Å². The number of anilines is 5. The Morgan fingerprint density at radius 3 is 2.25 bits per heavy atom. The number of sulfonamides is 1. The van der Waals surface area contributed by atoms with E-state index < -0.39 is 10.0 Å². The second-order valence-corrected chi connectivity index (χ2v) is 9.58. The van der Waals surface area contributed by atoms with Crippen LogP contribution in [0.5, 0.6) is 0 Å². The Labute approximate surface area is 208 Å². The Balaban J connectivity index is 1.34. The second kappa shape index (κ2) is 9.74. The monoisotopic (exact) mass is 492 g/mol. The molecular weight excluding hydrogens is 472 g/mol. The van der Waals surface area contributed by atoms with E-state index in [1.54, 1.807) is 79.3 Å². The zero-order valence-corrected chi connectivity index (χ0v) is 19.7. The first kappa shape index (κ1) is 22.8. The minimum atomic E-state index is -3.80. The van der Waals surface area contributed by atoms with Crippen molar-refractivity contribution >= 4 is 49.4 Å². The fraction of sp³-hybridized carbons (Fsp3) is 0. The van der Waals surface area contributed by atoms with Gasteiger partial charge >= 0.3 is 0 Å². The van der Waals surface area contributed by atoms with Gasteiger partial charge in [0, 0.05) is 46.7 Å². The Kier molecular flexibility index (Phi) is 6.18.